The molecule has 3 heterocycles. The van der Waals surface area contributed by atoms with Gasteiger partial charge in [-0.3, -0.25) is 4.57 Å². The van der Waals surface area contributed by atoms with Gasteiger partial charge in [0, 0.05) is 12.3 Å². The lowest BCUT2D eigenvalue weighted by atomic mass is 10.2. The van der Waals surface area contributed by atoms with Crippen LogP contribution in [-0.2, 0) is 9.47 Å². The van der Waals surface area contributed by atoms with E-state index in [2.05, 4.69) is 0 Å². The van der Waals surface area contributed by atoms with Gasteiger partial charge in [-0.25, -0.2) is 14.8 Å². The van der Waals surface area contributed by atoms with E-state index in [1.807, 2.05) is 48.5 Å². The quantitative estimate of drug-likeness (QED) is 0.495. The second-order valence-corrected chi connectivity index (χ2v) is 7.41. The molecule has 1 saturated heterocycles. The topological polar surface area (TPSA) is 101 Å². The summed E-state index contributed by atoms with van der Waals surface area (Å²) in [5, 5.41) is 0. The van der Waals surface area contributed by atoms with Gasteiger partial charge >= 0.3 is 5.97 Å². The molecule has 5 rings (SSSR count). The van der Waals surface area contributed by atoms with Gasteiger partial charge in [-0.05, 0) is 49.2 Å². The molecule has 2 N–H and O–H groups in total. The molecule has 2 aromatic heterocycles. The van der Waals surface area contributed by atoms with Crippen molar-refractivity contribution in [2.45, 2.75) is 18.9 Å². The number of carbonyl (C=O) groups is 1. The number of methoxy groups -OCH3 is 1. The normalized spacial score (nSPS) is 16.1. The monoisotopic (exact) mass is 418 g/mol. The van der Waals surface area contributed by atoms with Crippen molar-refractivity contribution in [3.63, 3.8) is 0 Å². The number of benzene rings is 2. The molecule has 1 fully saturated rings. The summed E-state index contributed by atoms with van der Waals surface area (Å²) in [6, 6.07) is 14.9. The number of esters is 1. The number of anilines is 1. The largest absolute Gasteiger partial charge is 0.497 e. The van der Waals surface area contributed by atoms with Crippen LogP contribution < -0.4 is 10.5 Å². The summed E-state index contributed by atoms with van der Waals surface area (Å²) in [6.45, 7) is 0.882. The fourth-order valence-electron chi connectivity index (χ4n) is 3.87. The van der Waals surface area contributed by atoms with Gasteiger partial charge in [-0.2, -0.15) is 0 Å². The Morgan fingerprint density at radius 3 is 2.58 bits per heavy atom. The molecule has 0 bridgehead atoms. The summed E-state index contributed by atoms with van der Waals surface area (Å²) in [5.74, 6) is 0.411. The van der Waals surface area contributed by atoms with Crippen LogP contribution in [-0.4, -0.2) is 46.9 Å². The van der Waals surface area contributed by atoms with Crippen LogP contribution >= 0.6 is 0 Å². The van der Waals surface area contributed by atoms with Crippen LogP contribution in [0, 0.1) is 0 Å². The fourth-order valence-corrected chi connectivity index (χ4v) is 3.87. The minimum Gasteiger partial charge on any atom is -0.497 e. The van der Waals surface area contributed by atoms with E-state index in [1.165, 1.54) is 0 Å². The molecule has 31 heavy (non-hydrogen) atoms. The Morgan fingerprint density at radius 1 is 1.16 bits per heavy atom. The molecule has 1 aliphatic rings. The predicted molar refractivity (Wildman–Crippen MR) is 117 cm³/mol. The average molecular weight is 418 g/mol. The van der Waals surface area contributed by atoms with Crippen molar-refractivity contribution in [2.75, 3.05) is 26.1 Å². The van der Waals surface area contributed by atoms with Crippen molar-refractivity contribution in [1.29, 1.82) is 0 Å². The van der Waals surface area contributed by atoms with E-state index in [-0.39, 0.29) is 24.1 Å². The van der Waals surface area contributed by atoms with E-state index in [4.69, 9.17) is 29.9 Å². The van der Waals surface area contributed by atoms with E-state index in [1.54, 1.807) is 11.7 Å². The van der Waals surface area contributed by atoms with Crippen molar-refractivity contribution < 1.29 is 19.0 Å². The number of nitrogens with zero attached hydrogens (tertiary/aromatic N) is 3. The fraction of sp³-hybridized carbons (Fsp3) is 0.261. The van der Waals surface area contributed by atoms with Gasteiger partial charge in [0.15, 0.2) is 5.65 Å². The summed E-state index contributed by atoms with van der Waals surface area (Å²) >= 11 is 0. The first-order valence-corrected chi connectivity index (χ1v) is 10.2. The Balaban J connectivity index is 1.65. The SMILES string of the molecule is COc1ccc(-n2c(N)c(C(=O)OCC3CCCO3)c3nc4ccccc4nc32)cc1. The number of hydrogen-bond donors (Lipinski definition) is 1. The maximum Gasteiger partial charge on any atom is 0.344 e. The average Bonchev–Trinajstić information content (AvgIpc) is 3.41. The number of para-hydroxylation sites is 2. The summed E-state index contributed by atoms with van der Waals surface area (Å²) in [6.07, 6.45) is 1.77. The van der Waals surface area contributed by atoms with E-state index in [0.29, 0.717) is 34.6 Å². The van der Waals surface area contributed by atoms with Gasteiger partial charge in [0.25, 0.3) is 0 Å². The number of carbonyl (C=O) groups excluding carboxylic acids is 1. The lowest BCUT2D eigenvalue weighted by Gasteiger charge is -2.11. The zero-order chi connectivity index (χ0) is 21.4. The van der Waals surface area contributed by atoms with E-state index >= 15 is 0 Å². The maximum absolute atomic E-state index is 13.1. The summed E-state index contributed by atoms with van der Waals surface area (Å²) in [4.78, 5) is 22.5. The Labute approximate surface area is 178 Å². The van der Waals surface area contributed by atoms with Crippen molar-refractivity contribution in [2.24, 2.45) is 0 Å². The zero-order valence-electron chi connectivity index (χ0n) is 17.1. The van der Waals surface area contributed by atoms with Gasteiger partial charge in [0.1, 0.15) is 29.3 Å². The second-order valence-electron chi connectivity index (χ2n) is 7.41. The van der Waals surface area contributed by atoms with Crippen LogP contribution in [0.2, 0.25) is 0 Å². The van der Waals surface area contributed by atoms with Gasteiger partial charge in [-0.15, -0.1) is 0 Å². The number of nitrogens with two attached hydrogens (primary N) is 1. The van der Waals surface area contributed by atoms with Gasteiger partial charge in [0.05, 0.1) is 24.2 Å². The number of aromatic nitrogens is 3. The Morgan fingerprint density at radius 2 is 1.90 bits per heavy atom. The molecule has 158 valence electrons. The molecule has 1 atom stereocenters. The number of ether oxygens (including phenoxy) is 3. The molecule has 0 spiro atoms. The summed E-state index contributed by atoms with van der Waals surface area (Å²) in [5.41, 5.74) is 9.72. The predicted octanol–water partition coefficient (Wildman–Crippen LogP) is 3.50. The molecule has 0 aliphatic carbocycles. The molecule has 8 heteroatoms. The first kappa shape index (κ1) is 19.3. The zero-order valence-corrected chi connectivity index (χ0v) is 17.1. The minimum absolute atomic E-state index is 0.0768. The van der Waals surface area contributed by atoms with Crippen molar-refractivity contribution in [3.8, 4) is 11.4 Å². The number of fused-ring (bicyclic) bond motifs is 2. The highest BCUT2D eigenvalue weighted by molar-refractivity contribution is 6.09. The third-order valence-corrected chi connectivity index (χ3v) is 5.46. The van der Waals surface area contributed by atoms with Crippen LogP contribution in [0.15, 0.2) is 48.5 Å². The van der Waals surface area contributed by atoms with E-state index in [0.717, 1.165) is 18.5 Å². The van der Waals surface area contributed by atoms with Crippen LogP contribution in [0.1, 0.15) is 23.2 Å². The standard InChI is InChI=1S/C23H22N4O4/c1-29-15-10-8-14(9-11-15)27-21(24)19(23(28)31-13-16-5-4-12-30-16)20-22(27)26-18-7-3-2-6-17(18)25-20/h2-3,6-11,16H,4-5,12-13,24H2,1H3. The first-order valence-electron chi connectivity index (χ1n) is 10.2. The molecule has 8 nitrogen and oxygen atoms in total. The van der Waals surface area contributed by atoms with Gasteiger partial charge < -0.3 is 19.9 Å². The van der Waals surface area contributed by atoms with Crippen molar-refractivity contribution in [1.82, 2.24) is 14.5 Å². The molecule has 0 radical (unpaired) electrons. The third kappa shape index (κ3) is 3.44. The molecular weight excluding hydrogens is 396 g/mol. The van der Waals surface area contributed by atoms with Crippen LogP contribution in [0.3, 0.4) is 0 Å². The van der Waals surface area contributed by atoms with Crippen LogP contribution in [0.25, 0.3) is 27.9 Å². The number of nitrogen functional groups attached to an aromatic ring is 1. The highest BCUT2D eigenvalue weighted by Crippen LogP contribution is 2.32. The Hall–Kier alpha value is -3.65. The second kappa shape index (κ2) is 7.88. The molecule has 4 aromatic rings. The summed E-state index contributed by atoms with van der Waals surface area (Å²) < 4.78 is 18.1. The summed E-state index contributed by atoms with van der Waals surface area (Å²) in [7, 11) is 1.61. The molecule has 0 saturated carbocycles. The van der Waals surface area contributed by atoms with Crippen LogP contribution in [0.4, 0.5) is 5.82 Å². The number of hydrogen-bond acceptors (Lipinski definition) is 7. The van der Waals surface area contributed by atoms with Crippen LogP contribution in [0.5, 0.6) is 5.75 Å². The smallest absolute Gasteiger partial charge is 0.344 e. The third-order valence-electron chi connectivity index (χ3n) is 5.46. The maximum atomic E-state index is 13.1. The molecule has 1 unspecified atom stereocenters. The van der Waals surface area contributed by atoms with Gasteiger partial charge in [-0.1, -0.05) is 12.1 Å². The molecule has 1 aliphatic heterocycles. The van der Waals surface area contributed by atoms with E-state index < -0.39 is 5.97 Å². The highest BCUT2D eigenvalue weighted by atomic mass is 16.6. The molecular formula is C23H22N4O4. The molecule has 0 amide bonds. The Kier molecular flexibility index (Phi) is 4.91. The minimum atomic E-state index is -0.533. The van der Waals surface area contributed by atoms with Crippen molar-refractivity contribution in [3.05, 3.63) is 54.1 Å². The highest BCUT2D eigenvalue weighted by Gasteiger charge is 2.27. The Bertz CT molecular complexity index is 1260. The number of rotatable bonds is 5. The van der Waals surface area contributed by atoms with Crippen molar-refractivity contribution >= 4 is 34.0 Å². The molecule has 2 aromatic carbocycles. The lowest BCUT2D eigenvalue weighted by molar-refractivity contribution is 0.0163. The first-order chi connectivity index (χ1) is 15.2. The van der Waals surface area contributed by atoms with Gasteiger partial charge in [0.2, 0.25) is 0 Å². The lowest BCUT2D eigenvalue weighted by Crippen LogP contribution is -2.18. The van der Waals surface area contributed by atoms with E-state index in [9.17, 15) is 4.79 Å².